The Kier molecular flexibility index (Phi) is 6.30. The van der Waals surface area contributed by atoms with Gasteiger partial charge in [-0.1, -0.05) is 17.3 Å². The minimum Gasteiger partial charge on any atom is -0.393 e. The van der Waals surface area contributed by atoms with Crippen molar-refractivity contribution in [1.82, 2.24) is 15.5 Å². The summed E-state index contributed by atoms with van der Waals surface area (Å²) in [4.78, 5) is 16.8. The standard InChI is InChI=1S/C28H36FN5O3/c1-25(2,29)23-32-22(34-37-23)27-11-8-26(9-12-27,10-13-27)17-28(33-24(31)36)7-6-20(35)15-21(28)19-5-3-4-18(14-19)16-30/h3-5,14,20-21,35H,6-13,15,17H2,1-2H3,(H3,31,33,36)/t20-,21-,26?,27?,28-/m1/s1. The number of fused-ring (bicyclic) bond motifs is 3. The Morgan fingerprint density at radius 2 is 1.97 bits per heavy atom. The number of nitrogens with zero attached hydrogens (tertiary/aromatic N) is 3. The van der Waals surface area contributed by atoms with Gasteiger partial charge in [0, 0.05) is 16.9 Å². The lowest BCUT2D eigenvalue weighted by Crippen LogP contribution is -2.60. The van der Waals surface area contributed by atoms with Crippen LogP contribution in [0, 0.1) is 16.7 Å². The molecular weight excluding hydrogens is 473 g/mol. The Labute approximate surface area is 216 Å². The number of amides is 2. The van der Waals surface area contributed by atoms with Crippen LogP contribution >= 0.6 is 0 Å². The summed E-state index contributed by atoms with van der Waals surface area (Å²) in [7, 11) is 0. The van der Waals surface area contributed by atoms with E-state index in [2.05, 4.69) is 21.5 Å². The van der Waals surface area contributed by atoms with Crippen molar-refractivity contribution in [1.29, 1.82) is 5.26 Å². The van der Waals surface area contributed by atoms with Gasteiger partial charge in [0.15, 0.2) is 11.5 Å². The smallest absolute Gasteiger partial charge is 0.312 e. The number of halogens is 1. The van der Waals surface area contributed by atoms with Crippen LogP contribution in [0.3, 0.4) is 0 Å². The molecule has 4 saturated carbocycles. The van der Waals surface area contributed by atoms with Crippen LogP contribution in [0.25, 0.3) is 0 Å². The Morgan fingerprint density at radius 3 is 2.57 bits per heavy atom. The number of urea groups is 1. The number of carbonyl (C=O) groups excluding carboxylic acids is 1. The zero-order valence-corrected chi connectivity index (χ0v) is 21.6. The highest BCUT2D eigenvalue weighted by Crippen LogP contribution is 2.61. The summed E-state index contributed by atoms with van der Waals surface area (Å²) in [6, 6.07) is 9.10. The van der Waals surface area contributed by atoms with E-state index in [1.54, 1.807) is 6.07 Å². The van der Waals surface area contributed by atoms with E-state index in [0.29, 0.717) is 30.7 Å². The van der Waals surface area contributed by atoms with Crippen molar-refractivity contribution in [3.63, 3.8) is 0 Å². The first-order valence-electron chi connectivity index (χ1n) is 13.3. The molecule has 0 saturated heterocycles. The molecule has 9 heteroatoms. The van der Waals surface area contributed by atoms with Crippen molar-refractivity contribution in [2.75, 3.05) is 0 Å². The van der Waals surface area contributed by atoms with Crippen molar-refractivity contribution in [3.8, 4) is 6.07 Å². The van der Waals surface area contributed by atoms with Gasteiger partial charge in [0.05, 0.1) is 17.7 Å². The van der Waals surface area contributed by atoms with Crippen LogP contribution < -0.4 is 11.1 Å². The molecule has 3 atom stereocenters. The molecule has 0 aliphatic heterocycles. The van der Waals surface area contributed by atoms with Gasteiger partial charge in [-0.3, -0.25) is 0 Å². The first-order chi connectivity index (χ1) is 17.5. The number of aliphatic hydroxyl groups is 1. The van der Waals surface area contributed by atoms with E-state index < -0.39 is 23.3 Å². The van der Waals surface area contributed by atoms with E-state index in [4.69, 9.17) is 10.3 Å². The molecule has 4 N–H and O–H groups in total. The van der Waals surface area contributed by atoms with Crippen molar-refractivity contribution >= 4 is 6.03 Å². The fourth-order valence-corrected chi connectivity index (χ4v) is 7.36. The highest BCUT2D eigenvalue weighted by Gasteiger charge is 2.56. The lowest BCUT2D eigenvalue weighted by molar-refractivity contribution is -0.0196. The lowest BCUT2D eigenvalue weighted by Gasteiger charge is -2.57. The molecule has 8 nitrogen and oxygen atoms in total. The van der Waals surface area contributed by atoms with Gasteiger partial charge in [-0.15, -0.1) is 0 Å². The lowest BCUT2D eigenvalue weighted by atomic mass is 9.49. The number of nitrogens with one attached hydrogen (secondary N) is 1. The van der Waals surface area contributed by atoms with E-state index in [1.165, 1.54) is 13.8 Å². The van der Waals surface area contributed by atoms with E-state index in [1.807, 2.05) is 18.2 Å². The fraction of sp³-hybridized carbons (Fsp3) is 0.643. The number of aliphatic hydroxyl groups excluding tert-OH is 1. The monoisotopic (exact) mass is 509 g/mol. The third-order valence-electron chi connectivity index (χ3n) is 9.39. The number of nitrogens with two attached hydrogens (primary N) is 1. The summed E-state index contributed by atoms with van der Waals surface area (Å²) in [5.74, 6) is 0.470. The molecule has 0 radical (unpaired) electrons. The van der Waals surface area contributed by atoms with Crippen molar-refractivity contribution in [2.45, 2.75) is 107 Å². The summed E-state index contributed by atoms with van der Waals surface area (Å²) in [5, 5.41) is 27.4. The first kappa shape index (κ1) is 25.7. The molecule has 2 amide bonds. The third-order valence-corrected chi connectivity index (χ3v) is 9.39. The Balaban J connectivity index is 1.43. The fourth-order valence-electron chi connectivity index (χ4n) is 7.36. The second kappa shape index (κ2) is 9.09. The second-order valence-electron chi connectivity index (χ2n) is 12.2. The normalized spacial score (nSPS) is 33.6. The van der Waals surface area contributed by atoms with Crippen molar-refractivity contribution < 1.29 is 18.8 Å². The van der Waals surface area contributed by atoms with Gasteiger partial charge >= 0.3 is 6.03 Å². The minimum absolute atomic E-state index is 0.00348. The SMILES string of the molecule is CC(C)(F)c1nc(C23CCC(C[C@]4(NC(N)=O)CC[C@@H](O)C[C@@H]4c4cccc(C#N)c4)(CC2)CC3)no1. The number of benzene rings is 1. The zero-order chi connectivity index (χ0) is 26.5. The van der Waals surface area contributed by atoms with Gasteiger partial charge in [-0.05, 0) is 101 Å². The summed E-state index contributed by atoms with van der Waals surface area (Å²) < 4.78 is 19.7. The maximum Gasteiger partial charge on any atom is 0.312 e. The highest BCUT2D eigenvalue weighted by molar-refractivity contribution is 5.73. The van der Waals surface area contributed by atoms with Gasteiger partial charge in [0.1, 0.15) is 0 Å². The van der Waals surface area contributed by atoms with E-state index in [0.717, 1.165) is 50.5 Å². The molecule has 2 aromatic rings. The van der Waals surface area contributed by atoms with Gasteiger partial charge in [-0.25, -0.2) is 9.18 Å². The van der Waals surface area contributed by atoms with Crippen LogP contribution in [-0.2, 0) is 11.1 Å². The molecule has 37 heavy (non-hydrogen) atoms. The van der Waals surface area contributed by atoms with Crippen LogP contribution in [0.2, 0.25) is 0 Å². The summed E-state index contributed by atoms with van der Waals surface area (Å²) in [5.41, 5.74) is 4.75. The Morgan fingerprint density at radius 1 is 1.27 bits per heavy atom. The summed E-state index contributed by atoms with van der Waals surface area (Å²) in [6.07, 6.45) is 7.41. The number of carbonyl (C=O) groups is 1. The number of rotatable bonds is 6. The van der Waals surface area contributed by atoms with Crippen LogP contribution in [0.15, 0.2) is 28.8 Å². The maximum atomic E-state index is 14.4. The maximum absolute atomic E-state index is 14.4. The predicted molar refractivity (Wildman–Crippen MR) is 134 cm³/mol. The first-order valence-corrected chi connectivity index (χ1v) is 13.3. The summed E-state index contributed by atoms with van der Waals surface area (Å²) in [6.45, 7) is 2.84. The van der Waals surface area contributed by atoms with E-state index >= 15 is 0 Å². The molecule has 4 aliphatic rings. The number of alkyl halides is 1. The Bertz CT molecular complexity index is 1190. The largest absolute Gasteiger partial charge is 0.393 e. The minimum atomic E-state index is -1.68. The number of aromatic nitrogens is 2. The van der Waals surface area contributed by atoms with Gasteiger partial charge in [0.2, 0.25) is 0 Å². The molecule has 4 fully saturated rings. The molecule has 0 spiro atoms. The quantitative estimate of drug-likeness (QED) is 0.508. The number of hydrogen-bond donors (Lipinski definition) is 3. The molecule has 0 unspecified atom stereocenters. The Hall–Kier alpha value is -2.99. The molecule has 6 rings (SSSR count). The molecular formula is C28H36FN5O3. The second-order valence-corrected chi connectivity index (χ2v) is 12.2. The van der Waals surface area contributed by atoms with E-state index in [-0.39, 0.29) is 22.6 Å². The molecule has 1 heterocycles. The predicted octanol–water partition coefficient (Wildman–Crippen LogP) is 4.86. The number of nitriles is 1. The van der Waals surface area contributed by atoms with Crippen LogP contribution in [0.1, 0.15) is 107 Å². The third kappa shape index (κ3) is 4.72. The highest BCUT2D eigenvalue weighted by atomic mass is 19.1. The van der Waals surface area contributed by atoms with Crippen LogP contribution in [0.4, 0.5) is 9.18 Å². The average Bonchev–Trinajstić information content (AvgIpc) is 3.38. The van der Waals surface area contributed by atoms with Gasteiger partial charge < -0.3 is 20.7 Å². The van der Waals surface area contributed by atoms with Crippen LogP contribution in [0.5, 0.6) is 0 Å². The van der Waals surface area contributed by atoms with Crippen molar-refractivity contribution in [3.05, 3.63) is 47.1 Å². The van der Waals surface area contributed by atoms with Gasteiger partial charge in [0.25, 0.3) is 5.89 Å². The summed E-state index contributed by atoms with van der Waals surface area (Å²) >= 11 is 0. The molecule has 1 aromatic carbocycles. The number of primary amides is 1. The zero-order valence-electron chi connectivity index (χ0n) is 21.6. The molecule has 4 aliphatic carbocycles. The molecule has 2 bridgehead atoms. The van der Waals surface area contributed by atoms with Gasteiger partial charge in [-0.2, -0.15) is 10.2 Å². The molecule has 198 valence electrons. The molecule has 1 aromatic heterocycles. The van der Waals surface area contributed by atoms with E-state index in [9.17, 15) is 19.6 Å². The topological polar surface area (TPSA) is 138 Å². The van der Waals surface area contributed by atoms with Crippen LogP contribution in [-0.4, -0.2) is 32.9 Å². The van der Waals surface area contributed by atoms with Crippen molar-refractivity contribution in [2.24, 2.45) is 11.1 Å². The average molecular weight is 510 g/mol. The number of hydrogen-bond acceptors (Lipinski definition) is 6.